The molecule has 0 fully saturated rings. The summed E-state index contributed by atoms with van der Waals surface area (Å²) in [5.41, 5.74) is 4.80. The Hall–Kier alpha value is -2.60. The van der Waals surface area contributed by atoms with Crippen LogP contribution in [0.2, 0.25) is 0 Å². The molecule has 6 nitrogen and oxygen atoms in total. The summed E-state index contributed by atoms with van der Waals surface area (Å²) in [5.74, 6) is 0.720. The van der Waals surface area contributed by atoms with Gasteiger partial charge in [-0.15, -0.1) is 0 Å². The van der Waals surface area contributed by atoms with Crippen LogP contribution in [0.5, 0.6) is 0 Å². The molecular weight excluding hydrogens is 340 g/mol. The first kappa shape index (κ1) is 17.8. The summed E-state index contributed by atoms with van der Waals surface area (Å²) in [6.07, 6.45) is 2.79. The fourth-order valence-electron chi connectivity index (χ4n) is 3.76. The number of rotatable bonds is 6. The van der Waals surface area contributed by atoms with Crippen LogP contribution in [0.1, 0.15) is 30.8 Å². The van der Waals surface area contributed by atoms with E-state index in [1.54, 1.807) is 6.33 Å². The fourth-order valence-corrected chi connectivity index (χ4v) is 3.76. The lowest BCUT2D eigenvalue weighted by molar-refractivity contribution is 0.0697. The third-order valence-electron chi connectivity index (χ3n) is 5.31. The highest BCUT2D eigenvalue weighted by atomic mass is 16.3. The van der Waals surface area contributed by atoms with Crippen molar-refractivity contribution in [3.8, 4) is 11.3 Å². The van der Waals surface area contributed by atoms with E-state index in [9.17, 15) is 9.90 Å². The Morgan fingerprint density at radius 1 is 1.11 bits per heavy atom. The van der Waals surface area contributed by atoms with E-state index < -0.39 is 0 Å². The number of nitrogens with zero attached hydrogens (tertiary/aromatic N) is 4. The van der Waals surface area contributed by atoms with Crippen molar-refractivity contribution >= 4 is 16.9 Å². The van der Waals surface area contributed by atoms with Crippen LogP contribution in [-0.4, -0.2) is 49.7 Å². The Morgan fingerprint density at radius 2 is 1.93 bits per heavy atom. The molecule has 1 amide bonds. The van der Waals surface area contributed by atoms with Gasteiger partial charge in [0.25, 0.3) is 5.91 Å². The summed E-state index contributed by atoms with van der Waals surface area (Å²) >= 11 is 0. The molecule has 0 saturated carbocycles. The zero-order chi connectivity index (χ0) is 19.0. The lowest BCUT2D eigenvalue weighted by atomic mass is 10.1. The van der Waals surface area contributed by atoms with E-state index in [0.29, 0.717) is 12.5 Å². The molecule has 27 heavy (non-hydrogen) atoms. The second-order valence-corrected chi connectivity index (χ2v) is 7.60. The van der Waals surface area contributed by atoms with Gasteiger partial charge in [0.2, 0.25) is 0 Å². The van der Waals surface area contributed by atoms with Gasteiger partial charge < -0.3 is 19.1 Å². The molecule has 1 N–H and O–H groups in total. The predicted molar refractivity (Wildman–Crippen MR) is 106 cm³/mol. The van der Waals surface area contributed by atoms with Crippen molar-refractivity contribution in [3.63, 3.8) is 0 Å². The summed E-state index contributed by atoms with van der Waals surface area (Å²) in [6.45, 7) is 7.37. The van der Waals surface area contributed by atoms with Crippen LogP contribution in [0.4, 0.5) is 0 Å². The molecule has 3 aromatic rings. The normalized spacial score (nSPS) is 14.4. The van der Waals surface area contributed by atoms with Gasteiger partial charge in [0.15, 0.2) is 0 Å². The Bertz CT molecular complexity index is 970. The van der Waals surface area contributed by atoms with Gasteiger partial charge in [-0.2, -0.15) is 0 Å². The number of carbonyl (C=O) groups is 1. The van der Waals surface area contributed by atoms with E-state index in [1.807, 2.05) is 27.7 Å². The smallest absolute Gasteiger partial charge is 0.270 e. The van der Waals surface area contributed by atoms with E-state index >= 15 is 0 Å². The highest BCUT2D eigenvalue weighted by Crippen LogP contribution is 2.28. The molecule has 0 spiro atoms. The molecule has 3 heterocycles. The molecule has 0 bridgehead atoms. The molecule has 0 unspecified atom stereocenters. The van der Waals surface area contributed by atoms with E-state index in [4.69, 9.17) is 0 Å². The standard InChI is InChI=1S/C21H26N4O2/c1-15(2)7-8-23-9-10-25-18(5-6-19(25)21(23)27)16-3-4-17-20(13-16)24(11-12-26)14-22-17/h3-6,13-15,26H,7-12H2,1-2H3. The Labute approximate surface area is 159 Å². The van der Waals surface area contributed by atoms with Crippen molar-refractivity contribution in [1.29, 1.82) is 0 Å². The lowest BCUT2D eigenvalue weighted by Crippen LogP contribution is -2.41. The molecule has 1 aliphatic heterocycles. The minimum atomic E-state index is 0.0803. The van der Waals surface area contributed by atoms with Gasteiger partial charge in [-0.1, -0.05) is 19.9 Å². The Kier molecular flexibility index (Phi) is 4.74. The number of hydrogen-bond donors (Lipinski definition) is 1. The second-order valence-electron chi connectivity index (χ2n) is 7.60. The van der Waals surface area contributed by atoms with Gasteiger partial charge in [0.1, 0.15) is 5.69 Å². The number of amides is 1. The minimum Gasteiger partial charge on any atom is -0.395 e. The molecule has 0 aliphatic carbocycles. The number of aromatic nitrogens is 3. The average molecular weight is 366 g/mol. The van der Waals surface area contributed by atoms with Gasteiger partial charge in [-0.3, -0.25) is 4.79 Å². The molecule has 0 radical (unpaired) electrons. The zero-order valence-corrected chi connectivity index (χ0v) is 15.9. The second kappa shape index (κ2) is 7.19. The highest BCUT2D eigenvalue weighted by molar-refractivity contribution is 5.95. The molecule has 1 aromatic carbocycles. The van der Waals surface area contributed by atoms with Crippen LogP contribution >= 0.6 is 0 Å². The first-order valence-corrected chi connectivity index (χ1v) is 9.63. The highest BCUT2D eigenvalue weighted by Gasteiger charge is 2.26. The summed E-state index contributed by atoms with van der Waals surface area (Å²) in [7, 11) is 0. The van der Waals surface area contributed by atoms with Crippen molar-refractivity contribution in [2.45, 2.75) is 33.4 Å². The molecule has 0 atom stereocenters. The largest absolute Gasteiger partial charge is 0.395 e. The van der Waals surface area contributed by atoms with Gasteiger partial charge in [-0.05, 0) is 36.6 Å². The van der Waals surface area contributed by atoms with Crippen LogP contribution < -0.4 is 0 Å². The molecule has 2 aromatic heterocycles. The Balaban J connectivity index is 1.65. The first-order valence-electron chi connectivity index (χ1n) is 9.63. The molecule has 142 valence electrons. The summed E-state index contributed by atoms with van der Waals surface area (Å²) < 4.78 is 4.08. The van der Waals surface area contributed by atoms with Crippen molar-refractivity contribution in [1.82, 2.24) is 19.0 Å². The van der Waals surface area contributed by atoms with Crippen molar-refractivity contribution in [2.24, 2.45) is 5.92 Å². The number of fused-ring (bicyclic) bond motifs is 2. The quantitative estimate of drug-likeness (QED) is 0.729. The number of aliphatic hydroxyl groups is 1. The predicted octanol–water partition coefficient (Wildman–Crippen LogP) is 3.00. The molecule has 4 rings (SSSR count). The number of aliphatic hydroxyl groups excluding tert-OH is 1. The maximum atomic E-state index is 12.8. The number of carbonyl (C=O) groups excluding carboxylic acids is 1. The molecular formula is C21H26N4O2. The summed E-state index contributed by atoms with van der Waals surface area (Å²) in [4.78, 5) is 19.2. The third kappa shape index (κ3) is 3.25. The van der Waals surface area contributed by atoms with Crippen molar-refractivity contribution in [2.75, 3.05) is 19.7 Å². The molecule has 1 aliphatic rings. The van der Waals surface area contributed by atoms with Gasteiger partial charge in [0, 0.05) is 37.4 Å². The zero-order valence-electron chi connectivity index (χ0n) is 15.9. The summed E-state index contributed by atoms with van der Waals surface area (Å²) in [6, 6.07) is 10.1. The van der Waals surface area contributed by atoms with E-state index in [1.165, 1.54) is 0 Å². The van der Waals surface area contributed by atoms with Gasteiger partial charge in [0.05, 0.1) is 24.0 Å². The van der Waals surface area contributed by atoms with Crippen molar-refractivity contribution in [3.05, 3.63) is 42.4 Å². The fraction of sp³-hybridized carbons (Fsp3) is 0.429. The topological polar surface area (TPSA) is 63.3 Å². The number of imidazole rings is 1. The summed E-state index contributed by atoms with van der Waals surface area (Å²) in [5, 5.41) is 9.25. The third-order valence-corrected chi connectivity index (χ3v) is 5.31. The number of benzene rings is 1. The van der Waals surface area contributed by atoms with E-state index in [0.717, 1.165) is 54.0 Å². The maximum Gasteiger partial charge on any atom is 0.270 e. The number of hydrogen-bond acceptors (Lipinski definition) is 3. The molecule has 6 heteroatoms. The monoisotopic (exact) mass is 366 g/mol. The van der Waals surface area contributed by atoms with Crippen LogP contribution in [0.3, 0.4) is 0 Å². The van der Waals surface area contributed by atoms with Crippen LogP contribution in [0.15, 0.2) is 36.7 Å². The van der Waals surface area contributed by atoms with Crippen molar-refractivity contribution < 1.29 is 9.90 Å². The maximum absolute atomic E-state index is 12.8. The molecule has 0 saturated heterocycles. The van der Waals surface area contributed by atoms with Gasteiger partial charge in [-0.25, -0.2) is 4.98 Å². The van der Waals surface area contributed by atoms with Crippen LogP contribution in [-0.2, 0) is 13.1 Å². The van der Waals surface area contributed by atoms with E-state index in [-0.39, 0.29) is 12.5 Å². The van der Waals surface area contributed by atoms with E-state index in [2.05, 4.69) is 35.5 Å². The SMILES string of the molecule is CC(C)CCN1CCn2c(ccc2-c2ccc3ncn(CCO)c3c2)C1=O. The lowest BCUT2D eigenvalue weighted by Gasteiger charge is -2.30. The van der Waals surface area contributed by atoms with Crippen LogP contribution in [0.25, 0.3) is 22.3 Å². The minimum absolute atomic E-state index is 0.0803. The van der Waals surface area contributed by atoms with Gasteiger partial charge >= 0.3 is 0 Å². The average Bonchev–Trinajstić information content (AvgIpc) is 3.26. The van der Waals surface area contributed by atoms with Crippen LogP contribution in [0, 0.1) is 5.92 Å². The first-order chi connectivity index (χ1) is 13.1. The Morgan fingerprint density at radius 3 is 2.70 bits per heavy atom.